The molecule has 0 aromatic heterocycles. The summed E-state index contributed by atoms with van der Waals surface area (Å²) < 4.78 is 0. The standard InChI is InChI=1S/C13H21N5O3/c1-10-8-11(20)17-12(16-10)18-13(21)15-7-5-3-2-4-6-14-9-19/h8,11,20H,2-7H2,1H3,(H3,15,16,17,18,21). The second kappa shape index (κ2) is 9.68. The van der Waals surface area contributed by atoms with Crippen molar-refractivity contribution >= 4 is 18.1 Å². The number of amides is 2. The number of aliphatic hydroxyl groups is 1. The molecule has 0 saturated heterocycles. The molecule has 0 bridgehead atoms. The maximum atomic E-state index is 11.6. The number of nitrogens with one attached hydrogen (secondary N) is 3. The lowest BCUT2D eigenvalue weighted by Gasteiger charge is -2.17. The number of nitrogens with zero attached hydrogens (tertiary/aromatic N) is 2. The highest BCUT2D eigenvalue weighted by atomic mass is 16.3. The third-order valence-corrected chi connectivity index (χ3v) is 2.75. The zero-order valence-electron chi connectivity index (χ0n) is 12.1. The van der Waals surface area contributed by atoms with Gasteiger partial charge in [0.25, 0.3) is 0 Å². The average molecular weight is 295 g/mol. The van der Waals surface area contributed by atoms with Gasteiger partial charge in [-0.2, -0.15) is 0 Å². The van der Waals surface area contributed by atoms with Gasteiger partial charge in [-0.3, -0.25) is 5.32 Å². The Hall–Kier alpha value is -2.18. The van der Waals surface area contributed by atoms with Crippen molar-refractivity contribution in [1.29, 1.82) is 0 Å². The highest BCUT2D eigenvalue weighted by Crippen LogP contribution is 2.00. The van der Waals surface area contributed by atoms with Crippen molar-refractivity contribution in [1.82, 2.24) is 16.0 Å². The van der Waals surface area contributed by atoms with Crippen LogP contribution in [0.15, 0.2) is 21.8 Å². The molecular weight excluding hydrogens is 274 g/mol. The molecule has 2 amide bonds. The Balaban J connectivity index is 2.08. The largest absolute Gasteiger partial charge is 0.368 e. The molecule has 8 heteroatoms. The van der Waals surface area contributed by atoms with E-state index in [1.807, 2.05) is 0 Å². The first-order valence-electron chi connectivity index (χ1n) is 6.91. The van der Waals surface area contributed by atoms with Crippen molar-refractivity contribution in [2.24, 2.45) is 9.98 Å². The van der Waals surface area contributed by atoms with Gasteiger partial charge in [-0.1, -0.05) is 12.8 Å². The zero-order chi connectivity index (χ0) is 15.5. The van der Waals surface area contributed by atoms with Crippen molar-refractivity contribution in [2.75, 3.05) is 13.1 Å². The van der Waals surface area contributed by atoms with Gasteiger partial charge in [0.2, 0.25) is 12.0 Å². The number of hydrogen-bond donors (Lipinski definition) is 4. The van der Waals surface area contributed by atoms with Crippen molar-refractivity contribution in [2.45, 2.75) is 38.8 Å². The minimum Gasteiger partial charge on any atom is -0.368 e. The molecule has 8 nitrogen and oxygen atoms in total. The molecule has 1 heterocycles. The average Bonchev–Trinajstić information content (AvgIpc) is 2.40. The van der Waals surface area contributed by atoms with E-state index in [4.69, 9.17) is 0 Å². The van der Waals surface area contributed by atoms with E-state index in [1.54, 1.807) is 6.92 Å². The van der Waals surface area contributed by atoms with Crippen LogP contribution in [0.4, 0.5) is 4.79 Å². The van der Waals surface area contributed by atoms with E-state index in [1.165, 1.54) is 12.2 Å². The van der Waals surface area contributed by atoms with Gasteiger partial charge in [-0.25, -0.2) is 19.6 Å². The number of urea groups is 1. The number of isocyanates is 1. The molecule has 1 unspecified atom stereocenters. The summed E-state index contributed by atoms with van der Waals surface area (Å²) in [4.78, 5) is 28.7. The van der Waals surface area contributed by atoms with E-state index in [0.29, 0.717) is 13.1 Å². The number of aliphatic hydroxyl groups excluding tert-OH is 1. The maximum absolute atomic E-state index is 11.6. The Morgan fingerprint density at radius 3 is 2.95 bits per heavy atom. The second-order valence-electron chi connectivity index (χ2n) is 4.63. The van der Waals surface area contributed by atoms with Gasteiger partial charge in [0, 0.05) is 12.2 Å². The lowest BCUT2D eigenvalue weighted by molar-refractivity contribution is 0.228. The highest BCUT2D eigenvalue weighted by Gasteiger charge is 2.12. The fraction of sp³-hybridized carbons (Fsp3) is 0.615. The van der Waals surface area contributed by atoms with Crippen LogP contribution in [0, 0.1) is 0 Å². The second-order valence-corrected chi connectivity index (χ2v) is 4.63. The summed E-state index contributed by atoms with van der Waals surface area (Å²) >= 11 is 0. The van der Waals surface area contributed by atoms with Crippen LogP contribution in [0.3, 0.4) is 0 Å². The molecule has 1 aliphatic rings. The predicted molar refractivity (Wildman–Crippen MR) is 78.3 cm³/mol. The van der Waals surface area contributed by atoms with Gasteiger partial charge in [0.15, 0.2) is 6.23 Å². The highest BCUT2D eigenvalue weighted by molar-refractivity contribution is 5.97. The minimum absolute atomic E-state index is 0.228. The molecule has 116 valence electrons. The SMILES string of the molecule is CC1=CC(O)N=C(NC(=O)NCCCCCCN=C=O)N1. The Morgan fingerprint density at radius 2 is 2.24 bits per heavy atom. The van der Waals surface area contributed by atoms with Crippen molar-refractivity contribution < 1.29 is 14.7 Å². The molecule has 0 aromatic carbocycles. The Bertz CT molecular complexity index is 455. The summed E-state index contributed by atoms with van der Waals surface area (Å²) in [6.07, 6.45) is 5.72. The van der Waals surface area contributed by atoms with Crippen molar-refractivity contribution in [3.05, 3.63) is 11.8 Å². The molecule has 1 atom stereocenters. The molecular formula is C13H21N5O3. The first kappa shape index (κ1) is 16.9. The van der Waals surface area contributed by atoms with Gasteiger partial charge >= 0.3 is 6.03 Å². The minimum atomic E-state index is -0.935. The molecule has 0 fully saturated rings. The van der Waals surface area contributed by atoms with Crippen molar-refractivity contribution in [3.8, 4) is 0 Å². The number of allylic oxidation sites excluding steroid dienone is 1. The fourth-order valence-electron chi connectivity index (χ4n) is 1.79. The van der Waals surface area contributed by atoms with Crippen LogP contribution in [0.5, 0.6) is 0 Å². The molecule has 0 aromatic rings. The van der Waals surface area contributed by atoms with Gasteiger partial charge in [-0.15, -0.1) is 0 Å². The third-order valence-electron chi connectivity index (χ3n) is 2.75. The molecule has 4 N–H and O–H groups in total. The quantitative estimate of drug-likeness (QED) is 0.308. The van der Waals surface area contributed by atoms with Crippen LogP contribution in [0.1, 0.15) is 32.6 Å². The summed E-state index contributed by atoms with van der Waals surface area (Å²) in [5, 5.41) is 17.5. The lowest BCUT2D eigenvalue weighted by atomic mass is 10.2. The van der Waals surface area contributed by atoms with Crippen LogP contribution >= 0.6 is 0 Å². The van der Waals surface area contributed by atoms with Crippen LogP contribution in [-0.2, 0) is 4.79 Å². The molecule has 0 spiro atoms. The summed E-state index contributed by atoms with van der Waals surface area (Å²) in [6, 6.07) is -0.367. The monoisotopic (exact) mass is 295 g/mol. The normalized spacial score (nSPS) is 17.0. The lowest BCUT2D eigenvalue weighted by Crippen LogP contribution is -2.47. The first-order valence-corrected chi connectivity index (χ1v) is 6.91. The predicted octanol–water partition coefficient (Wildman–Crippen LogP) is 0.363. The zero-order valence-corrected chi connectivity index (χ0v) is 12.1. The van der Waals surface area contributed by atoms with Crippen LogP contribution in [0.25, 0.3) is 0 Å². The molecule has 0 saturated carbocycles. The molecule has 0 radical (unpaired) electrons. The molecule has 1 rings (SSSR count). The van der Waals surface area contributed by atoms with Crippen LogP contribution < -0.4 is 16.0 Å². The van der Waals surface area contributed by atoms with E-state index in [0.717, 1.165) is 31.4 Å². The third kappa shape index (κ3) is 7.86. The number of carbonyl (C=O) groups excluding carboxylic acids is 2. The number of unbranched alkanes of at least 4 members (excludes halogenated alkanes) is 3. The van der Waals surface area contributed by atoms with Crippen LogP contribution in [0.2, 0.25) is 0 Å². The van der Waals surface area contributed by atoms with Crippen LogP contribution in [-0.4, -0.2) is 42.5 Å². The Labute approximate surface area is 123 Å². The maximum Gasteiger partial charge on any atom is 0.321 e. The first-order chi connectivity index (χ1) is 10.1. The summed E-state index contributed by atoms with van der Waals surface area (Å²) in [6.45, 7) is 2.83. The number of carbonyl (C=O) groups is 1. The molecule has 1 aliphatic heterocycles. The molecule has 0 aliphatic carbocycles. The number of hydrogen-bond acceptors (Lipinski definition) is 6. The van der Waals surface area contributed by atoms with E-state index >= 15 is 0 Å². The summed E-state index contributed by atoms with van der Waals surface area (Å²) in [5.74, 6) is 0.228. The van der Waals surface area contributed by atoms with Gasteiger partial charge in [0.05, 0.1) is 6.54 Å². The number of rotatable bonds is 7. The van der Waals surface area contributed by atoms with Gasteiger partial charge < -0.3 is 15.7 Å². The smallest absolute Gasteiger partial charge is 0.321 e. The van der Waals surface area contributed by atoms with E-state index < -0.39 is 6.23 Å². The van der Waals surface area contributed by atoms with E-state index in [9.17, 15) is 14.7 Å². The van der Waals surface area contributed by atoms with Gasteiger partial charge in [0.1, 0.15) is 0 Å². The number of guanidine groups is 1. The number of aliphatic imine (C=N–C) groups is 2. The van der Waals surface area contributed by atoms with E-state index in [-0.39, 0.29) is 12.0 Å². The fourth-order valence-corrected chi connectivity index (χ4v) is 1.79. The topological polar surface area (TPSA) is 115 Å². The Kier molecular flexibility index (Phi) is 7.78. The summed E-state index contributed by atoms with van der Waals surface area (Å²) in [5.41, 5.74) is 0.728. The Morgan fingerprint density at radius 1 is 1.48 bits per heavy atom. The van der Waals surface area contributed by atoms with Crippen molar-refractivity contribution in [3.63, 3.8) is 0 Å². The van der Waals surface area contributed by atoms with Gasteiger partial charge in [-0.05, 0) is 25.8 Å². The summed E-state index contributed by atoms with van der Waals surface area (Å²) in [7, 11) is 0. The molecule has 21 heavy (non-hydrogen) atoms. The van der Waals surface area contributed by atoms with E-state index in [2.05, 4.69) is 25.9 Å².